The molecule has 140 valence electrons. The Balaban J connectivity index is 1.92. The lowest BCUT2D eigenvalue weighted by molar-refractivity contribution is 0.771. The minimum Gasteiger partial charge on any atom is -0.340 e. The summed E-state index contributed by atoms with van der Waals surface area (Å²) in [6.07, 6.45) is 9.94. The second-order valence-electron chi connectivity index (χ2n) is 7.42. The second-order valence-corrected chi connectivity index (χ2v) is 8.50. The summed E-state index contributed by atoms with van der Waals surface area (Å²) in [7, 11) is 0. The molecular weight excluding hydrogens is 334 g/mol. The minimum absolute atomic E-state index is 1.11. The fraction of sp³-hybridized carbons (Fsp3) is 0.500. The highest BCUT2D eigenvalue weighted by Crippen LogP contribution is 2.49. The van der Waals surface area contributed by atoms with Crippen molar-refractivity contribution in [2.75, 3.05) is 11.4 Å². The van der Waals surface area contributed by atoms with Crippen molar-refractivity contribution in [3.63, 3.8) is 0 Å². The molecule has 0 aromatic heterocycles. The van der Waals surface area contributed by atoms with E-state index in [1.807, 2.05) is 11.8 Å². The zero-order valence-corrected chi connectivity index (χ0v) is 17.5. The van der Waals surface area contributed by atoms with Crippen molar-refractivity contribution in [2.24, 2.45) is 0 Å². The van der Waals surface area contributed by atoms with Crippen molar-refractivity contribution in [3.8, 4) is 0 Å². The zero-order chi connectivity index (χ0) is 18.4. The van der Waals surface area contributed by atoms with Gasteiger partial charge in [0.05, 0.1) is 11.4 Å². The SMILES string of the molecule is CCCCc1ccc2c(c1)Sc1cc(CCCC)ccc1N2CCCC. The van der Waals surface area contributed by atoms with E-state index in [1.165, 1.54) is 83.7 Å². The van der Waals surface area contributed by atoms with E-state index >= 15 is 0 Å². The molecule has 0 unspecified atom stereocenters. The molecule has 0 fully saturated rings. The van der Waals surface area contributed by atoms with Gasteiger partial charge in [0.15, 0.2) is 0 Å². The smallest absolute Gasteiger partial charge is 0.0553 e. The number of aryl methyl sites for hydroxylation is 2. The Labute approximate surface area is 164 Å². The maximum atomic E-state index is 2.55. The van der Waals surface area contributed by atoms with E-state index in [0.717, 1.165) is 6.54 Å². The summed E-state index contributed by atoms with van der Waals surface area (Å²) in [5.41, 5.74) is 5.77. The third-order valence-electron chi connectivity index (χ3n) is 5.22. The van der Waals surface area contributed by atoms with Crippen LogP contribution in [0.4, 0.5) is 11.4 Å². The predicted octanol–water partition coefficient (Wildman–Crippen LogP) is 7.77. The summed E-state index contributed by atoms with van der Waals surface area (Å²) < 4.78 is 0. The van der Waals surface area contributed by atoms with E-state index in [-0.39, 0.29) is 0 Å². The van der Waals surface area contributed by atoms with Crippen LogP contribution in [0.5, 0.6) is 0 Å². The molecule has 0 atom stereocenters. The van der Waals surface area contributed by atoms with Gasteiger partial charge in [-0.3, -0.25) is 0 Å². The molecule has 1 aliphatic heterocycles. The molecule has 2 heteroatoms. The van der Waals surface area contributed by atoms with E-state index in [9.17, 15) is 0 Å². The van der Waals surface area contributed by atoms with Crippen LogP contribution in [-0.2, 0) is 12.8 Å². The second kappa shape index (κ2) is 9.50. The van der Waals surface area contributed by atoms with E-state index in [4.69, 9.17) is 0 Å². The molecule has 0 spiro atoms. The number of benzene rings is 2. The van der Waals surface area contributed by atoms with E-state index < -0.39 is 0 Å². The maximum Gasteiger partial charge on any atom is 0.0553 e. The van der Waals surface area contributed by atoms with Crippen LogP contribution in [0.15, 0.2) is 46.2 Å². The van der Waals surface area contributed by atoms with Crippen molar-refractivity contribution in [2.45, 2.75) is 81.9 Å². The van der Waals surface area contributed by atoms with Crippen molar-refractivity contribution in [1.82, 2.24) is 0 Å². The van der Waals surface area contributed by atoms with Gasteiger partial charge in [0, 0.05) is 16.3 Å². The standard InChI is InChI=1S/C24H33NS/c1-4-7-10-19-12-14-21-23(17-19)26-24-18-20(11-8-5-2)13-15-22(24)25(21)16-9-6-3/h12-15,17-18H,4-11,16H2,1-3H3. The van der Waals surface area contributed by atoms with Crippen LogP contribution < -0.4 is 4.90 Å². The molecule has 2 aromatic carbocycles. The van der Waals surface area contributed by atoms with Gasteiger partial charge < -0.3 is 4.90 Å². The fourth-order valence-electron chi connectivity index (χ4n) is 3.60. The summed E-state index contributed by atoms with van der Waals surface area (Å²) in [6, 6.07) is 14.3. The quantitative estimate of drug-likeness (QED) is 0.445. The van der Waals surface area contributed by atoms with Gasteiger partial charge in [-0.2, -0.15) is 0 Å². The van der Waals surface area contributed by atoms with Crippen LogP contribution in [0.2, 0.25) is 0 Å². The van der Waals surface area contributed by atoms with Gasteiger partial charge in [-0.25, -0.2) is 0 Å². The average Bonchev–Trinajstić information content (AvgIpc) is 2.67. The summed E-state index contributed by atoms with van der Waals surface area (Å²) in [6.45, 7) is 7.93. The van der Waals surface area contributed by atoms with Gasteiger partial charge in [0.25, 0.3) is 0 Å². The fourth-order valence-corrected chi connectivity index (χ4v) is 4.83. The molecule has 2 aromatic rings. The number of anilines is 2. The highest BCUT2D eigenvalue weighted by atomic mass is 32.2. The van der Waals surface area contributed by atoms with Gasteiger partial charge >= 0.3 is 0 Å². The Morgan fingerprint density at radius 1 is 0.692 bits per heavy atom. The van der Waals surface area contributed by atoms with Crippen molar-refractivity contribution in [3.05, 3.63) is 47.5 Å². The average molecular weight is 368 g/mol. The van der Waals surface area contributed by atoms with Crippen LogP contribution in [0.3, 0.4) is 0 Å². The molecule has 0 amide bonds. The molecule has 0 aliphatic carbocycles. The monoisotopic (exact) mass is 367 g/mol. The van der Waals surface area contributed by atoms with Crippen molar-refractivity contribution >= 4 is 23.1 Å². The number of hydrogen-bond acceptors (Lipinski definition) is 2. The Bertz CT molecular complexity index is 665. The lowest BCUT2D eigenvalue weighted by atomic mass is 10.1. The van der Waals surface area contributed by atoms with Gasteiger partial charge in [0.1, 0.15) is 0 Å². The van der Waals surface area contributed by atoms with Gasteiger partial charge in [-0.15, -0.1) is 0 Å². The lowest BCUT2D eigenvalue weighted by Crippen LogP contribution is -2.22. The minimum atomic E-state index is 1.11. The molecule has 0 radical (unpaired) electrons. The predicted molar refractivity (Wildman–Crippen MR) is 116 cm³/mol. The summed E-state index contributed by atoms with van der Waals surface area (Å²) in [5.74, 6) is 0. The third kappa shape index (κ3) is 4.46. The van der Waals surface area contributed by atoms with Gasteiger partial charge in [0.2, 0.25) is 0 Å². The number of nitrogens with zero attached hydrogens (tertiary/aromatic N) is 1. The molecule has 26 heavy (non-hydrogen) atoms. The first-order valence-corrected chi connectivity index (χ1v) is 11.3. The highest BCUT2D eigenvalue weighted by Gasteiger charge is 2.23. The number of rotatable bonds is 9. The van der Waals surface area contributed by atoms with Crippen LogP contribution in [0.25, 0.3) is 0 Å². The molecule has 1 aliphatic rings. The highest BCUT2D eigenvalue weighted by molar-refractivity contribution is 7.99. The van der Waals surface area contributed by atoms with E-state index in [1.54, 1.807) is 0 Å². The first kappa shape index (κ1) is 19.4. The molecule has 0 saturated heterocycles. The first-order chi connectivity index (χ1) is 12.8. The zero-order valence-electron chi connectivity index (χ0n) is 16.7. The molecule has 1 heterocycles. The van der Waals surface area contributed by atoms with Crippen LogP contribution in [0.1, 0.15) is 70.4 Å². The molecule has 3 rings (SSSR count). The summed E-state index contributed by atoms with van der Waals surface area (Å²) in [5, 5.41) is 0. The Morgan fingerprint density at radius 3 is 1.65 bits per heavy atom. The molecule has 1 nitrogen and oxygen atoms in total. The van der Waals surface area contributed by atoms with E-state index in [2.05, 4.69) is 62.1 Å². The van der Waals surface area contributed by atoms with Crippen LogP contribution in [-0.4, -0.2) is 6.54 Å². The summed E-state index contributed by atoms with van der Waals surface area (Å²) in [4.78, 5) is 5.43. The third-order valence-corrected chi connectivity index (χ3v) is 6.32. The molecular formula is C24H33NS. The largest absolute Gasteiger partial charge is 0.340 e. The van der Waals surface area contributed by atoms with Crippen LogP contribution in [0, 0.1) is 0 Å². The van der Waals surface area contributed by atoms with Crippen LogP contribution >= 0.6 is 11.8 Å². The topological polar surface area (TPSA) is 3.24 Å². The van der Waals surface area contributed by atoms with Gasteiger partial charge in [-0.1, -0.05) is 63.9 Å². The number of hydrogen-bond donors (Lipinski definition) is 0. The first-order valence-electron chi connectivity index (χ1n) is 10.5. The molecule has 0 saturated carbocycles. The maximum absolute atomic E-state index is 2.55. The molecule has 0 bridgehead atoms. The Morgan fingerprint density at radius 2 is 1.19 bits per heavy atom. The Hall–Kier alpha value is -1.41. The number of fused-ring (bicyclic) bond motifs is 2. The van der Waals surface area contributed by atoms with Gasteiger partial charge in [-0.05, 0) is 67.5 Å². The Kier molecular flexibility index (Phi) is 7.07. The van der Waals surface area contributed by atoms with E-state index in [0.29, 0.717) is 0 Å². The molecule has 0 N–H and O–H groups in total. The normalized spacial score (nSPS) is 12.8. The van der Waals surface area contributed by atoms with Crippen molar-refractivity contribution < 1.29 is 0 Å². The lowest BCUT2D eigenvalue weighted by Gasteiger charge is -2.33. The van der Waals surface area contributed by atoms with Crippen molar-refractivity contribution in [1.29, 1.82) is 0 Å². The number of unbranched alkanes of at least 4 members (excludes halogenated alkanes) is 3. The summed E-state index contributed by atoms with van der Waals surface area (Å²) >= 11 is 1.97.